The van der Waals surface area contributed by atoms with E-state index in [1.807, 2.05) is 41.8 Å². The van der Waals surface area contributed by atoms with E-state index in [0.717, 1.165) is 39.7 Å². The molecule has 1 aliphatic rings. The van der Waals surface area contributed by atoms with Gasteiger partial charge in [0.15, 0.2) is 0 Å². The lowest BCUT2D eigenvalue weighted by Gasteiger charge is -2.13. The Morgan fingerprint density at radius 2 is 2.00 bits per heavy atom. The summed E-state index contributed by atoms with van der Waals surface area (Å²) in [6, 6.07) is 11.6. The van der Waals surface area contributed by atoms with Gasteiger partial charge in [-0.1, -0.05) is 18.5 Å². The summed E-state index contributed by atoms with van der Waals surface area (Å²) in [4.78, 5) is 13.1. The number of hydrogen-bond acceptors (Lipinski definition) is 8. The van der Waals surface area contributed by atoms with E-state index in [1.165, 1.54) is 0 Å². The summed E-state index contributed by atoms with van der Waals surface area (Å²) in [5, 5.41) is 14.4. The van der Waals surface area contributed by atoms with E-state index in [2.05, 4.69) is 43.9 Å². The first-order valence-electron chi connectivity index (χ1n) is 10.2. The molecule has 0 fully saturated rings. The minimum Gasteiger partial charge on any atom is -0.485 e. The summed E-state index contributed by atoms with van der Waals surface area (Å²) >= 11 is 7.99. The second-order valence-electron chi connectivity index (χ2n) is 7.50. The summed E-state index contributed by atoms with van der Waals surface area (Å²) in [6.07, 6.45) is 5.49. The fourth-order valence-corrected chi connectivity index (χ4v) is 4.21. The molecule has 162 valence electrons. The lowest BCUT2D eigenvalue weighted by Crippen LogP contribution is -2.15. The molecule has 5 rings (SSSR count). The maximum absolute atomic E-state index is 6.45. The molecule has 2 aromatic heterocycles. The highest BCUT2D eigenvalue weighted by molar-refractivity contribution is 7.09. The Hall–Kier alpha value is -3.36. The average Bonchev–Trinajstić information content (AvgIpc) is 3.45. The van der Waals surface area contributed by atoms with Crippen molar-refractivity contribution in [3.63, 3.8) is 0 Å². The van der Waals surface area contributed by atoms with E-state index in [9.17, 15) is 0 Å². The summed E-state index contributed by atoms with van der Waals surface area (Å²) in [5.74, 6) is 2.84. The van der Waals surface area contributed by atoms with Gasteiger partial charge < -0.3 is 20.7 Å². The lowest BCUT2D eigenvalue weighted by atomic mass is 10.2. The second-order valence-corrected chi connectivity index (χ2v) is 8.89. The quantitative estimate of drug-likeness (QED) is 0.330. The van der Waals surface area contributed by atoms with Gasteiger partial charge in [0.2, 0.25) is 0 Å². The van der Waals surface area contributed by atoms with E-state index in [4.69, 9.17) is 16.3 Å². The normalized spacial score (nSPS) is 15.3. The lowest BCUT2D eigenvalue weighted by molar-refractivity contribution is 0.306. The number of fused-ring (bicyclic) bond motifs is 1. The molecule has 0 amide bonds. The summed E-state index contributed by atoms with van der Waals surface area (Å²) in [5.41, 5.74) is 2.63. The predicted molar refractivity (Wildman–Crippen MR) is 130 cm³/mol. The highest BCUT2D eigenvalue weighted by Gasteiger charge is 2.12. The van der Waals surface area contributed by atoms with Crippen molar-refractivity contribution in [3.05, 3.63) is 76.2 Å². The molecule has 3 N–H and O–H groups in total. The molecule has 7 nitrogen and oxygen atoms in total. The molecule has 1 atom stereocenters. The highest BCUT2D eigenvalue weighted by atomic mass is 35.5. The van der Waals surface area contributed by atoms with Crippen LogP contribution in [-0.2, 0) is 6.61 Å². The molecule has 2 aromatic carbocycles. The third-order valence-electron chi connectivity index (χ3n) is 5.01. The van der Waals surface area contributed by atoms with Crippen molar-refractivity contribution in [1.82, 2.24) is 20.3 Å². The molecule has 0 bridgehead atoms. The zero-order valence-electron chi connectivity index (χ0n) is 17.3. The fourth-order valence-electron chi connectivity index (χ4n) is 3.44. The topological polar surface area (TPSA) is 84.0 Å². The molecule has 0 unspecified atom stereocenters. The first-order valence-corrected chi connectivity index (χ1v) is 11.4. The Morgan fingerprint density at radius 1 is 1.12 bits per heavy atom. The summed E-state index contributed by atoms with van der Waals surface area (Å²) in [7, 11) is 0. The molecule has 0 saturated heterocycles. The van der Waals surface area contributed by atoms with Gasteiger partial charge in [-0.25, -0.2) is 15.0 Å². The van der Waals surface area contributed by atoms with Crippen LogP contribution in [0.1, 0.15) is 11.9 Å². The first-order chi connectivity index (χ1) is 15.6. The van der Waals surface area contributed by atoms with Crippen molar-refractivity contribution in [2.24, 2.45) is 5.92 Å². The van der Waals surface area contributed by atoms with Crippen LogP contribution in [0.15, 0.2) is 66.2 Å². The summed E-state index contributed by atoms with van der Waals surface area (Å²) < 4.78 is 5.79. The number of benzene rings is 2. The SMILES string of the molecule is C[C@@H]1C=C(Nc2ccc3ncnc(Nc4ccc(OCc5nccs5)c(Cl)c4)c3c2)NC1. The van der Waals surface area contributed by atoms with Gasteiger partial charge in [0.05, 0.1) is 16.4 Å². The van der Waals surface area contributed by atoms with Crippen molar-refractivity contribution in [3.8, 4) is 5.75 Å². The molecule has 9 heteroatoms. The van der Waals surface area contributed by atoms with Crippen LogP contribution < -0.4 is 20.7 Å². The maximum atomic E-state index is 6.45. The maximum Gasteiger partial charge on any atom is 0.141 e. The zero-order valence-corrected chi connectivity index (χ0v) is 18.9. The molecule has 1 aliphatic heterocycles. The third kappa shape index (κ3) is 4.61. The van der Waals surface area contributed by atoms with Crippen LogP contribution in [0, 0.1) is 5.92 Å². The van der Waals surface area contributed by atoms with Gasteiger partial charge in [-0.2, -0.15) is 0 Å². The minimum absolute atomic E-state index is 0.389. The fraction of sp³-hybridized carbons (Fsp3) is 0.174. The third-order valence-corrected chi connectivity index (χ3v) is 6.06. The number of halogens is 1. The zero-order chi connectivity index (χ0) is 21.9. The van der Waals surface area contributed by atoms with Gasteiger partial charge in [0.1, 0.15) is 29.5 Å². The molecule has 0 radical (unpaired) electrons. The number of aromatic nitrogens is 3. The number of rotatable bonds is 7. The van der Waals surface area contributed by atoms with Gasteiger partial charge >= 0.3 is 0 Å². The van der Waals surface area contributed by atoms with E-state index >= 15 is 0 Å². The first kappa shape index (κ1) is 20.5. The smallest absolute Gasteiger partial charge is 0.141 e. The molecular formula is C23H21ClN6OS. The van der Waals surface area contributed by atoms with Crippen molar-refractivity contribution in [1.29, 1.82) is 0 Å². The largest absolute Gasteiger partial charge is 0.485 e. The van der Waals surface area contributed by atoms with Crippen LogP contribution in [0.25, 0.3) is 10.9 Å². The van der Waals surface area contributed by atoms with Gasteiger partial charge in [0, 0.05) is 34.9 Å². The molecule has 0 saturated carbocycles. The number of nitrogens with zero attached hydrogens (tertiary/aromatic N) is 3. The van der Waals surface area contributed by atoms with Crippen molar-refractivity contribution in [2.75, 3.05) is 17.2 Å². The Balaban J connectivity index is 1.35. The average molecular weight is 465 g/mol. The van der Waals surface area contributed by atoms with Crippen LogP contribution in [0.4, 0.5) is 17.2 Å². The number of anilines is 3. The van der Waals surface area contributed by atoms with Crippen LogP contribution in [0.2, 0.25) is 5.02 Å². The van der Waals surface area contributed by atoms with Crippen LogP contribution in [0.5, 0.6) is 5.75 Å². The molecule has 0 spiro atoms. The van der Waals surface area contributed by atoms with Gasteiger partial charge in [-0.15, -0.1) is 11.3 Å². The van der Waals surface area contributed by atoms with Crippen LogP contribution in [0.3, 0.4) is 0 Å². The number of thiazole rings is 1. The Kier molecular flexibility index (Phi) is 5.79. The van der Waals surface area contributed by atoms with E-state index in [1.54, 1.807) is 23.9 Å². The second kappa shape index (κ2) is 9.02. The number of nitrogens with one attached hydrogen (secondary N) is 3. The summed E-state index contributed by atoms with van der Waals surface area (Å²) in [6.45, 7) is 3.51. The Labute approximate surface area is 194 Å². The van der Waals surface area contributed by atoms with Crippen LogP contribution in [-0.4, -0.2) is 21.5 Å². The van der Waals surface area contributed by atoms with Gasteiger partial charge in [0.25, 0.3) is 0 Å². The Bertz CT molecular complexity index is 1280. The molecule has 3 heterocycles. The molecular weight excluding hydrogens is 444 g/mol. The monoisotopic (exact) mass is 464 g/mol. The van der Waals surface area contributed by atoms with E-state index in [-0.39, 0.29) is 0 Å². The van der Waals surface area contributed by atoms with Gasteiger partial charge in [-0.05, 0) is 48.4 Å². The predicted octanol–water partition coefficient (Wildman–Crippen LogP) is 5.55. The van der Waals surface area contributed by atoms with E-state index in [0.29, 0.717) is 29.1 Å². The number of ether oxygens (including phenoxy) is 1. The molecule has 4 aromatic rings. The molecule has 0 aliphatic carbocycles. The standard InChI is InChI=1S/C23H21ClN6OS/c1-14-8-21(26-11-14)29-15-2-4-19-17(9-15)23(28-13-27-19)30-16-3-5-20(18(24)10-16)31-12-22-25-6-7-32-22/h2-10,13-14,26,29H,11-12H2,1H3,(H,27,28,30)/t14-/m1/s1. The van der Waals surface area contributed by atoms with Crippen LogP contribution >= 0.6 is 22.9 Å². The Morgan fingerprint density at radius 3 is 2.78 bits per heavy atom. The highest BCUT2D eigenvalue weighted by Crippen LogP contribution is 2.32. The minimum atomic E-state index is 0.389. The van der Waals surface area contributed by atoms with Gasteiger partial charge in [-0.3, -0.25) is 0 Å². The van der Waals surface area contributed by atoms with Crippen molar-refractivity contribution in [2.45, 2.75) is 13.5 Å². The van der Waals surface area contributed by atoms with E-state index < -0.39 is 0 Å². The van der Waals surface area contributed by atoms with Crippen molar-refractivity contribution >= 4 is 51.0 Å². The number of hydrogen-bond donors (Lipinski definition) is 3. The van der Waals surface area contributed by atoms with Crippen molar-refractivity contribution < 1.29 is 4.74 Å². The molecule has 32 heavy (non-hydrogen) atoms.